The zero-order chi connectivity index (χ0) is 19.1. The van der Waals surface area contributed by atoms with Crippen LogP contribution >= 0.6 is 11.6 Å². The quantitative estimate of drug-likeness (QED) is 0.582. The summed E-state index contributed by atoms with van der Waals surface area (Å²) in [5.74, 6) is 1.26. The third-order valence-electron chi connectivity index (χ3n) is 3.86. The first-order chi connectivity index (χ1) is 13.2. The number of benzene rings is 3. The van der Waals surface area contributed by atoms with Crippen LogP contribution in [-0.2, 0) is 6.61 Å². The lowest BCUT2D eigenvalue weighted by Gasteiger charge is -2.13. The zero-order valence-electron chi connectivity index (χ0n) is 14.9. The molecule has 1 amide bonds. The van der Waals surface area contributed by atoms with Gasteiger partial charge in [0.2, 0.25) is 0 Å². The minimum absolute atomic E-state index is 0.207. The number of para-hydroxylation sites is 1. The monoisotopic (exact) mass is 381 g/mol. The van der Waals surface area contributed by atoms with Crippen molar-refractivity contribution in [1.82, 2.24) is 0 Å². The summed E-state index contributed by atoms with van der Waals surface area (Å²) in [5, 5.41) is 3.48. The second-order valence-electron chi connectivity index (χ2n) is 5.82. The Morgan fingerprint density at radius 2 is 1.70 bits per heavy atom. The van der Waals surface area contributed by atoms with Gasteiger partial charge in [0.05, 0.1) is 6.61 Å². The minimum atomic E-state index is -0.207. The fourth-order valence-electron chi connectivity index (χ4n) is 2.54. The van der Waals surface area contributed by atoms with Crippen molar-refractivity contribution in [2.75, 3.05) is 11.9 Å². The first kappa shape index (κ1) is 18.8. The predicted octanol–water partition coefficient (Wildman–Crippen LogP) is 5.57. The molecule has 0 heterocycles. The van der Waals surface area contributed by atoms with E-state index in [1.807, 2.05) is 37.3 Å². The Morgan fingerprint density at radius 1 is 0.963 bits per heavy atom. The van der Waals surface area contributed by atoms with Crippen LogP contribution in [0.15, 0.2) is 72.8 Å². The number of hydrogen-bond acceptors (Lipinski definition) is 3. The topological polar surface area (TPSA) is 47.6 Å². The van der Waals surface area contributed by atoms with E-state index in [1.54, 1.807) is 42.5 Å². The number of halogens is 1. The van der Waals surface area contributed by atoms with Gasteiger partial charge in [0, 0.05) is 21.8 Å². The summed E-state index contributed by atoms with van der Waals surface area (Å²) in [6, 6.07) is 21.8. The van der Waals surface area contributed by atoms with Crippen LogP contribution in [0.4, 0.5) is 5.69 Å². The highest BCUT2D eigenvalue weighted by molar-refractivity contribution is 6.30. The third-order valence-corrected chi connectivity index (χ3v) is 4.11. The predicted molar refractivity (Wildman–Crippen MR) is 108 cm³/mol. The maximum absolute atomic E-state index is 12.6. The lowest BCUT2D eigenvalue weighted by Crippen LogP contribution is -2.13. The van der Waals surface area contributed by atoms with Gasteiger partial charge in [-0.05, 0) is 61.5 Å². The highest BCUT2D eigenvalue weighted by atomic mass is 35.5. The summed E-state index contributed by atoms with van der Waals surface area (Å²) < 4.78 is 11.5. The largest absolute Gasteiger partial charge is 0.493 e. The van der Waals surface area contributed by atoms with Crippen LogP contribution in [0.25, 0.3) is 0 Å². The highest BCUT2D eigenvalue weighted by Gasteiger charge is 2.12. The maximum atomic E-state index is 12.6. The molecule has 0 bridgehead atoms. The van der Waals surface area contributed by atoms with Crippen LogP contribution in [-0.4, -0.2) is 12.5 Å². The number of hydrogen-bond donors (Lipinski definition) is 1. The second kappa shape index (κ2) is 9.10. The molecular weight excluding hydrogens is 362 g/mol. The maximum Gasteiger partial charge on any atom is 0.255 e. The lowest BCUT2D eigenvalue weighted by atomic mass is 10.1. The molecule has 0 spiro atoms. The van der Waals surface area contributed by atoms with Crippen LogP contribution in [0.1, 0.15) is 22.8 Å². The molecule has 27 heavy (non-hydrogen) atoms. The molecule has 0 aliphatic rings. The van der Waals surface area contributed by atoms with Crippen molar-refractivity contribution in [2.24, 2.45) is 0 Å². The number of nitrogens with one attached hydrogen (secondary N) is 1. The first-order valence-corrected chi connectivity index (χ1v) is 9.04. The van der Waals surface area contributed by atoms with E-state index < -0.39 is 0 Å². The van der Waals surface area contributed by atoms with E-state index in [4.69, 9.17) is 21.1 Å². The number of carbonyl (C=O) groups excluding carboxylic acids is 1. The Bertz CT molecular complexity index is 895. The molecule has 0 aliphatic heterocycles. The van der Waals surface area contributed by atoms with E-state index >= 15 is 0 Å². The fourth-order valence-corrected chi connectivity index (χ4v) is 2.67. The van der Waals surface area contributed by atoms with Gasteiger partial charge in [0.15, 0.2) is 0 Å². The third kappa shape index (κ3) is 5.25. The Kier molecular flexibility index (Phi) is 6.34. The molecule has 3 aromatic carbocycles. The SMILES string of the molecule is CCOc1ccc(C(=O)Nc2ccc(Cl)cc2)cc1COc1ccccc1. The number of rotatable bonds is 7. The van der Waals surface area contributed by atoms with Gasteiger partial charge in [-0.1, -0.05) is 29.8 Å². The molecule has 0 aromatic heterocycles. The smallest absolute Gasteiger partial charge is 0.255 e. The summed E-state index contributed by atoms with van der Waals surface area (Å²) in [6.07, 6.45) is 0. The van der Waals surface area contributed by atoms with Gasteiger partial charge in [-0.3, -0.25) is 4.79 Å². The molecule has 0 saturated carbocycles. The van der Waals surface area contributed by atoms with Crippen molar-refractivity contribution in [1.29, 1.82) is 0 Å². The summed E-state index contributed by atoms with van der Waals surface area (Å²) in [5.41, 5.74) is 2.02. The molecule has 3 aromatic rings. The fraction of sp³-hybridized carbons (Fsp3) is 0.136. The molecule has 0 fully saturated rings. The van der Waals surface area contributed by atoms with Gasteiger partial charge < -0.3 is 14.8 Å². The number of anilines is 1. The molecule has 0 unspecified atom stereocenters. The molecule has 3 rings (SSSR count). The summed E-state index contributed by atoms with van der Waals surface area (Å²) in [6.45, 7) is 2.76. The van der Waals surface area contributed by atoms with E-state index in [-0.39, 0.29) is 5.91 Å². The molecule has 1 N–H and O–H groups in total. The van der Waals surface area contributed by atoms with Gasteiger partial charge in [-0.25, -0.2) is 0 Å². The van der Waals surface area contributed by atoms with E-state index in [0.29, 0.717) is 35.2 Å². The molecule has 0 atom stereocenters. The number of carbonyl (C=O) groups is 1. The molecule has 0 radical (unpaired) electrons. The van der Waals surface area contributed by atoms with Gasteiger partial charge >= 0.3 is 0 Å². The van der Waals surface area contributed by atoms with Crippen LogP contribution in [0.5, 0.6) is 11.5 Å². The van der Waals surface area contributed by atoms with Crippen LogP contribution in [0, 0.1) is 0 Å². The number of amides is 1. The Hall–Kier alpha value is -2.98. The van der Waals surface area contributed by atoms with Crippen molar-refractivity contribution in [3.8, 4) is 11.5 Å². The average Bonchev–Trinajstić information content (AvgIpc) is 2.70. The van der Waals surface area contributed by atoms with Gasteiger partial charge in [-0.2, -0.15) is 0 Å². The molecule has 138 valence electrons. The molecule has 0 aliphatic carbocycles. The minimum Gasteiger partial charge on any atom is -0.493 e. The van der Waals surface area contributed by atoms with E-state index in [1.165, 1.54) is 0 Å². The first-order valence-electron chi connectivity index (χ1n) is 8.66. The van der Waals surface area contributed by atoms with E-state index in [0.717, 1.165) is 11.3 Å². The summed E-state index contributed by atoms with van der Waals surface area (Å²) >= 11 is 5.88. The number of ether oxygens (including phenoxy) is 2. The molecule has 4 nitrogen and oxygen atoms in total. The van der Waals surface area contributed by atoms with Crippen molar-refractivity contribution in [3.05, 3.63) is 88.9 Å². The Labute approximate surface area is 163 Å². The van der Waals surface area contributed by atoms with Crippen molar-refractivity contribution >= 4 is 23.2 Å². The van der Waals surface area contributed by atoms with Gasteiger partial charge in [-0.15, -0.1) is 0 Å². The summed E-state index contributed by atoms with van der Waals surface area (Å²) in [4.78, 5) is 12.6. The van der Waals surface area contributed by atoms with E-state index in [2.05, 4.69) is 5.32 Å². The molecule has 5 heteroatoms. The highest BCUT2D eigenvalue weighted by Crippen LogP contribution is 2.23. The van der Waals surface area contributed by atoms with E-state index in [9.17, 15) is 4.79 Å². The normalized spacial score (nSPS) is 10.3. The summed E-state index contributed by atoms with van der Waals surface area (Å²) in [7, 11) is 0. The molecular formula is C22H20ClNO3. The Morgan fingerprint density at radius 3 is 2.41 bits per heavy atom. The van der Waals surface area contributed by atoms with Crippen molar-refractivity contribution in [2.45, 2.75) is 13.5 Å². The lowest BCUT2D eigenvalue weighted by molar-refractivity contribution is 0.102. The van der Waals surface area contributed by atoms with Crippen molar-refractivity contribution in [3.63, 3.8) is 0 Å². The van der Waals surface area contributed by atoms with Crippen molar-refractivity contribution < 1.29 is 14.3 Å². The molecule has 0 saturated heterocycles. The van der Waals surface area contributed by atoms with Gasteiger partial charge in [0.1, 0.15) is 18.1 Å². The Balaban J connectivity index is 1.77. The van der Waals surface area contributed by atoms with Gasteiger partial charge in [0.25, 0.3) is 5.91 Å². The average molecular weight is 382 g/mol. The second-order valence-corrected chi connectivity index (χ2v) is 6.25. The standard InChI is InChI=1S/C22H20ClNO3/c1-2-26-21-13-8-16(22(25)24-19-11-9-18(23)10-12-19)14-17(21)15-27-20-6-4-3-5-7-20/h3-14H,2,15H2,1H3,(H,24,25). The van der Waals surface area contributed by atoms with Crippen LogP contribution < -0.4 is 14.8 Å². The zero-order valence-corrected chi connectivity index (χ0v) is 15.7. The van der Waals surface area contributed by atoms with Crippen LogP contribution in [0.2, 0.25) is 5.02 Å². The van der Waals surface area contributed by atoms with Crippen LogP contribution in [0.3, 0.4) is 0 Å².